The summed E-state index contributed by atoms with van der Waals surface area (Å²) < 4.78 is 22.2. The van der Waals surface area contributed by atoms with Crippen LogP contribution in [0.1, 0.15) is 26.7 Å². The molecule has 1 atom stereocenters. The molecule has 1 aliphatic heterocycles. The number of carbonyl (C=O) groups is 1. The summed E-state index contributed by atoms with van der Waals surface area (Å²) in [5, 5.41) is 0. The van der Waals surface area contributed by atoms with Crippen molar-refractivity contribution >= 4 is 15.6 Å². The van der Waals surface area contributed by atoms with Gasteiger partial charge in [0.25, 0.3) is 0 Å². The largest absolute Gasteiger partial charge is 0.299 e. The first kappa shape index (κ1) is 10.7. The average Bonchev–Trinajstić information content (AvgIpc) is 2.30. The molecular weight excluding hydrogens is 188 g/mol. The van der Waals surface area contributed by atoms with Gasteiger partial charge in [0.1, 0.15) is 5.78 Å². The Morgan fingerprint density at radius 2 is 2.08 bits per heavy atom. The topological polar surface area (TPSA) is 51.2 Å². The van der Waals surface area contributed by atoms with E-state index in [0.29, 0.717) is 12.8 Å². The van der Waals surface area contributed by atoms with Crippen molar-refractivity contribution in [3.63, 3.8) is 0 Å². The number of carbonyl (C=O) groups excluding carboxylic acids is 1. The van der Waals surface area contributed by atoms with Crippen molar-refractivity contribution in [2.24, 2.45) is 11.8 Å². The molecule has 0 N–H and O–H groups in total. The normalized spacial score (nSPS) is 26.5. The Balaban J connectivity index is 2.46. The van der Waals surface area contributed by atoms with Crippen LogP contribution in [0.2, 0.25) is 0 Å². The maximum absolute atomic E-state index is 11.3. The third-order valence-corrected chi connectivity index (χ3v) is 4.30. The minimum atomic E-state index is -2.82. The van der Waals surface area contributed by atoms with Crippen LogP contribution in [-0.2, 0) is 14.6 Å². The monoisotopic (exact) mass is 204 g/mol. The van der Waals surface area contributed by atoms with Gasteiger partial charge in [-0.1, -0.05) is 13.8 Å². The van der Waals surface area contributed by atoms with E-state index in [4.69, 9.17) is 0 Å². The van der Waals surface area contributed by atoms with E-state index in [1.807, 2.05) is 13.8 Å². The number of hydrogen-bond donors (Lipinski definition) is 0. The quantitative estimate of drug-likeness (QED) is 0.690. The summed E-state index contributed by atoms with van der Waals surface area (Å²) in [5.74, 6) is 0.777. The number of Topliss-reactive ketones (excluding diaryl/α,β-unsaturated/α-hetero) is 1. The Morgan fingerprint density at radius 1 is 1.46 bits per heavy atom. The highest BCUT2D eigenvalue weighted by molar-refractivity contribution is 7.91. The van der Waals surface area contributed by atoms with Crippen LogP contribution in [0.4, 0.5) is 0 Å². The van der Waals surface area contributed by atoms with Crippen LogP contribution in [0, 0.1) is 11.8 Å². The Morgan fingerprint density at radius 3 is 2.46 bits per heavy atom. The fraction of sp³-hybridized carbons (Fsp3) is 0.889. The second-order valence-corrected chi connectivity index (χ2v) is 6.32. The van der Waals surface area contributed by atoms with Crippen LogP contribution in [-0.4, -0.2) is 25.7 Å². The van der Waals surface area contributed by atoms with Gasteiger partial charge in [0.05, 0.1) is 11.5 Å². The molecule has 76 valence electrons. The van der Waals surface area contributed by atoms with Gasteiger partial charge in [-0.05, 0) is 12.3 Å². The number of ketones is 1. The Labute approximate surface area is 79.4 Å². The summed E-state index contributed by atoms with van der Waals surface area (Å²) in [6.07, 6.45) is 1.11. The molecule has 3 nitrogen and oxygen atoms in total. The minimum Gasteiger partial charge on any atom is -0.299 e. The molecule has 0 aromatic rings. The summed E-state index contributed by atoms with van der Waals surface area (Å²) in [5.41, 5.74) is 0. The van der Waals surface area contributed by atoms with E-state index in [1.165, 1.54) is 0 Å². The van der Waals surface area contributed by atoms with E-state index in [1.54, 1.807) is 0 Å². The number of hydrogen-bond acceptors (Lipinski definition) is 3. The molecule has 0 amide bonds. The third-order valence-electron chi connectivity index (χ3n) is 2.46. The zero-order valence-electron chi connectivity index (χ0n) is 8.12. The molecule has 0 radical (unpaired) electrons. The molecule has 0 aromatic carbocycles. The lowest BCUT2D eigenvalue weighted by molar-refractivity contribution is -0.122. The van der Waals surface area contributed by atoms with Crippen molar-refractivity contribution in [2.45, 2.75) is 26.7 Å². The molecule has 1 unspecified atom stereocenters. The SMILES string of the molecule is CC(C)C(=O)CC1CCS(=O)(=O)C1. The van der Waals surface area contributed by atoms with Gasteiger partial charge >= 0.3 is 0 Å². The van der Waals surface area contributed by atoms with Crippen LogP contribution < -0.4 is 0 Å². The van der Waals surface area contributed by atoms with Crippen molar-refractivity contribution in [3.8, 4) is 0 Å². The van der Waals surface area contributed by atoms with E-state index >= 15 is 0 Å². The Hall–Kier alpha value is -0.380. The average molecular weight is 204 g/mol. The van der Waals surface area contributed by atoms with E-state index < -0.39 is 9.84 Å². The fourth-order valence-corrected chi connectivity index (χ4v) is 3.42. The second kappa shape index (κ2) is 3.78. The van der Waals surface area contributed by atoms with Crippen molar-refractivity contribution in [1.82, 2.24) is 0 Å². The molecule has 1 heterocycles. The number of rotatable bonds is 3. The van der Waals surface area contributed by atoms with Crippen molar-refractivity contribution in [1.29, 1.82) is 0 Å². The zero-order chi connectivity index (χ0) is 10.1. The van der Waals surface area contributed by atoms with Crippen molar-refractivity contribution in [3.05, 3.63) is 0 Å². The summed E-state index contributed by atoms with van der Waals surface area (Å²) in [7, 11) is -2.82. The first-order valence-electron chi connectivity index (χ1n) is 4.64. The number of sulfone groups is 1. The smallest absolute Gasteiger partial charge is 0.150 e. The van der Waals surface area contributed by atoms with Crippen LogP contribution in [0.5, 0.6) is 0 Å². The van der Waals surface area contributed by atoms with E-state index in [0.717, 1.165) is 0 Å². The first-order chi connectivity index (χ1) is 5.91. The van der Waals surface area contributed by atoms with Gasteiger partial charge in [-0.2, -0.15) is 0 Å². The van der Waals surface area contributed by atoms with E-state index in [9.17, 15) is 13.2 Å². The van der Waals surface area contributed by atoms with Gasteiger partial charge in [0, 0.05) is 12.3 Å². The lowest BCUT2D eigenvalue weighted by Crippen LogP contribution is -2.14. The minimum absolute atomic E-state index is 0.0308. The fourth-order valence-electron chi connectivity index (χ4n) is 1.55. The molecule has 0 saturated carbocycles. The Bertz CT molecular complexity index is 290. The van der Waals surface area contributed by atoms with Gasteiger partial charge in [-0.15, -0.1) is 0 Å². The summed E-state index contributed by atoms with van der Waals surface area (Å²) in [6.45, 7) is 3.71. The molecule has 1 aliphatic rings. The van der Waals surface area contributed by atoms with Crippen LogP contribution >= 0.6 is 0 Å². The molecule has 13 heavy (non-hydrogen) atoms. The highest BCUT2D eigenvalue weighted by Gasteiger charge is 2.29. The van der Waals surface area contributed by atoms with Gasteiger partial charge in [0.15, 0.2) is 9.84 Å². The molecule has 4 heteroatoms. The second-order valence-electron chi connectivity index (χ2n) is 4.09. The summed E-state index contributed by atoms with van der Waals surface area (Å²) >= 11 is 0. The molecule has 1 rings (SSSR count). The van der Waals surface area contributed by atoms with Crippen LogP contribution in [0.3, 0.4) is 0 Å². The maximum atomic E-state index is 11.3. The molecular formula is C9H16O3S. The predicted molar refractivity (Wildman–Crippen MR) is 51.2 cm³/mol. The van der Waals surface area contributed by atoms with Crippen LogP contribution in [0.25, 0.3) is 0 Å². The van der Waals surface area contributed by atoms with Gasteiger partial charge in [0.2, 0.25) is 0 Å². The first-order valence-corrected chi connectivity index (χ1v) is 6.46. The van der Waals surface area contributed by atoms with Gasteiger partial charge in [-0.25, -0.2) is 8.42 Å². The van der Waals surface area contributed by atoms with Crippen LogP contribution in [0.15, 0.2) is 0 Å². The molecule has 0 aromatic heterocycles. The highest BCUT2D eigenvalue weighted by atomic mass is 32.2. The zero-order valence-corrected chi connectivity index (χ0v) is 8.93. The predicted octanol–water partition coefficient (Wildman–Crippen LogP) is 1.04. The molecule has 1 saturated heterocycles. The van der Waals surface area contributed by atoms with E-state index in [-0.39, 0.29) is 29.1 Å². The summed E-state index contributed by atoms with van der Waals surface area (Å²) in [4.78, 5) is 11.3. The molecule has 0 aliphatic carbocycles. The van der Waals surface area contributed by atoms with Crippen molar-refractivity contribution in [2.75, 3.05) is 11.5 Å². The van der Waals surface area contributed by atoms with Crippen molar-refractivity contribution < 1.29 is 13.2 Å². The lowest BCUT2D eigenvalue weighted by Gasteiger charge is -2.08. The van der Waals surface area contributed by atoms with Gasteiger partial charge in [-0.3, -0.25) is 4.79 Å². The maximum Gasteiger partial charge on any atom is 0.150 e. The lowest BCUT2D eigenvalue weighted by atomic mass is 9.96. The van der Waals surface area contributed by atoms with Gasteiger partial charge < -0.3 is 0 Å². The Kier molecular flexibility index (Phi) is 3.11. The highest BCUT2D eigenvalue weighted by Crippen LogP contribution is 2.22. The third kappa shape index (κ3) is 3.10. The molecule has 1 fully saturated rings. The standard InChI is InChI=1S/C9H16O3S/c1-7(2)9(10)5-8-3-4-13(11,12)6-8/h7-8H,3-6H2,1-2H3. The van der Waals surface area contributed by atoms with E-state index in [2.05, 4.69) is 0 Å². The molecule has 0 bridgehead atoms. The molecule has 0 spiro atoms. The summed E-state index contributed by atoms with van der Waals surface area (Å²) in [6, 6.07) is 0.